The van der Waals surface area contributed by atoms with Gasteiger partial charge >= 0.3 is 0 Å². The van der Waals surface area contributed by atoms with Crippen LogP contribution in [0.4, 0.5) is 0 Å². The Labute approximate surface area is 122 Å². The molecular weight excluding hydrogens is 283 g/mol. The van der Waals surface area contributed by atoms with Crippen LogP contribution in [-0.2, 0) is 6.42 Å². The molecule has 0 aliphatic carbocycles. The van der Waals surface area contributed by atoms with E-state index in [0.29, 0.717) is 15.6 Å². The lowest BCUT2D eigenvalue weighted by Gasteiger charge is -2.18. The topological polar surface area (TPSA) is 40.5 Å². The minimum atomic E-state index is -0.948. The van der Waals surface area contributed by atoms with Crippen LogP contribution in [0.2, 0.25) is 10.0 Å². The number of benzene rings is 2. The number of hydrogen-bond donors (Lipinski definition) is 2. The van der Waals surface area contributed by atoms with Crippen LogP contribution < -0.4 is 0 Å². The van der Waals surface area contributed by atoms with Crippen molar-refractivity contribution in [3.63, 3.8) is 0 Å². The van der Waals surface area contributed by atoms with Gasteiger partial charge in [0.05, 0.1) is 6.10 Å². The summed E-state index contributed by atoms with van der Waals surface area (Å²) in [5, 5.41) is 21.3. The molecule has 0 aliphatic rings. The van der Waals surface area contributed by atoms with Gasteiger partial charge in [0.2, 0.25) is 0 Å². The molecule has 0 spiro atoms. The van der Waals surface area contributed by atoms with Crippen LogP contribution in [-0.4, -0.2) is 16.3 Å². The van der Waals surface area contributed by atoms with Crippen molar-refractivity contribution in [3.05, 3.63) is 69.7 Å². The molecule has 2 atom stereocenters. The van der Waals surface area contributed by atoms with Gasteiger partial charge in [-0.2, -0.15) is 0 Å². The second-order valence-corrected chi connectivity index (χ2v) is 5.21. The predicted octanol–water partition coefficient (Wildman–Crippen LogP) is 3.63. The van der Waals surface area contributed by atoms with E-state index in [1.54, 1.807) is 30.3 Å². The highest BCUT2D eigenvalue weighted by atomic mass is 35.5. The second-order valence-electron chi connectivity index (χ2n) is 4.36. The van der Waals surface area contributed by atoms with E-state index in [4.69, 9.17) is 23.2 Å². The SMILES string of the molecule is OC(Cc1cc(Cl)ccc1Cl)C(O)c1ccccc1. The molecule has 0 heterocycles. The molecule has 0 saturated carbocycles. The zero-order valence-electron chi connectivity index (χ0n) is 10.1. The molecule has 2 N–H and O–H groups in total. The maximum Gasteiger partial charge on any atom is 0.105 e. The van der Waals surface area contributed by atoms with E-state index in [-0.39, 0.29) is 6.42 Å². The summed E-state index contributed by atoms with van der Waals surface area (Å²) in [5.41, 5.74) is 1.39. The van der Waals surface area contributed by atoms with Crippen LogP contribution in [0.3, 0.4) is 0 Å². The van der Waals surface area contributed by atoms with E-state index in [2.05, 4.69) is 0 Å². The Morgan fingerprint density at radius 2 is 1.63 bits per heavy atom. The third kappa shape index (κ3) is 3.71. The summed E-state index contributed by atoms with van der Waals surface area (Å²) >= 11 is 11.9. The minimum absolute atomic E-state index is 0.245. The molecule has 2 nitrogen and oxygen atoms in total. The molecule has 2 rings (SSSR count). The normalized spacial score (nSPS) is 14.1. The Morgan fingerprint density at radius 1 is 0.947 bits per heavy atom. The smallest absolute Gasteiger partial charge is 0.105 e. The first-order chi connectivity index (χ1) is 9.08. The van der Waals surface area contributed by atoms with Gasteiger partial charge < -0.3 is 10.2 Å². The first-order valence-electron chi connectivity index (χ1n) is 5.93. The van der Waals surface area contributed by atoms with Crippen molar-refractivity contribution in [1.82, 2.24) is 0 Å². The molecule has 0 amide bonds. The fraction of sp³-hybridized carbons (Fsp3) is 0.200. The van der Waals surface area contributed by atoms with Gasteiger partial charge in [0.25, 0.3) is 0 Å². The number of hydrogen-bond acceptors (Lipinski definition) is 2. The van der Waals surface area contributed by atoms with Gasteiger partial charge in [0, 0.05) is 16.5 Å². The molecule has 2 unspecified atom stereocenters. The molecule has 19 heavy (non-hydrogen) atoms. The Balaban J connectivity index is 2.12. The number of halogens is 2. The van der Waals surface area contributed by atoms with E-state index in [1.165, 1.54) is 0 Å². The first kappa shape index (κ1) is 14.4. The lowest BCUT2D eigenvalue weighted by atomic mass is 9.98. The van der Waals surface area contributed by atoms with Crippen LogP contribution >= 0.6 is 23.2 Å². The van der Waals surface area contributed by atoms with Gasteiger partial charge in [0.1, 0.15) is 6.10 Å². The van der Waals surface area contributed by atoms with Crippen LogP contribution in [0, 0.1) is 0 Å². The highest BCUT2D eigenvalue weighted by Gasteiger charge is 2.19. The average Bonchev–Trinajstić information content (AvgIpc) is 2.43. The average molecular weight is 297 g/mol. The molecule has 0 aromatic heterocycles. The van der Waals surface area contributed by atoms with Gasteiger partial charge in [-0.25, -0.2) is 0 Å². The monoisotopic (exact) mass is 296 g/mol. The summed E-state index contributed by atoms with van der Waals surface area (Å²) in [6.45, 7) is 0. The summed E-state index contributed by atoms with van der Waals surface area (Å²) in [4.78, 5) is 0. The lowest BCUT2D eigenvalue weighted by Crippen LogP contribution is -2.21. The van der Waals surface area contributed by atoms with Crippen molar-refractivity contribution in [2.45, 2.75) is 18.6 Å². The molecule has 100 valence electrons. The molecule has 0 bridgehead atoms. The molecule has 4 heteroatoms. The van der Waals surface area contributed by atoms with Crippen molar-refractivity contribution in [2.24, 2.45) is 0 Å². The fourth-order valence-electron chi connectivity index (χ4n) is 1.91. The zero-order valence-corrected chi connectivity index (χ0v) is 11.6. The lowest BCUT2D eigenvalue weighted by molar-refractivity contribution is 0.0190. The Morgan fingerprint density at radius 3 is 2.32 bits per heavy atom. The Kier molecular flexibility index (Phi) is 4.83. The second kappa shape index (κ2) is 6.40. The predicted molar refractivity (Wildman–Crippen MR) is 77.6 cm³/mol. The van der Waals surface area contributed by atoms with Gasteiger partial charge in [0.15, 0.2) is 0 Å². The third-order valence-electron chi connectivity index (χ3n) is 2.94. The van der Waals surface area contributed by atoms with Crippen molar-refractivity contribution >= 4 is 23.2 Å². The van der Waals surface area contributed by atoms with Crippen LogP contribution in [0.15, 0.2) is 48.5 Å². The van der Waals surface area contributed by atoms with E-state index in [1.807, 2.05) is 18.2 Å². The van der Waals surface area contributed by atoms with E-state index in [9.17, 15) is 10.2 Å². The number of aliphatic hydroxyl groups is 2. The van der Waals surface area contributed by atoms with Crippen molar-refractivity contribution in [2.75, 3.05) is 0 Å². The van der Waals surface area contributed by atoms with Crippen molar-refractivity contribution in [3.8, 4) is 0 Å². The summed E-state index contributed by atoms with van der Waals surface area (Å²) in [6, 6.07) is 14.1. The van der Waals surface area contributed by atoms with E-state index in [0.717, 1.165) is 5.56 Å². The highest BCUT2D eigenvalue weighted by Crippen LogP contribution is 2.25. The van der Waals surface area contributed by atoms with Crippen molar-refractivity contribution in [1.29, 1.82) is 0 Å². The highest BCUT2D eigenvalue weighted by molar-refractivity contribution is 6.33. The molecule has 0 aliphatic heterocycles. The molecule has 0 fully saturated rings. The minimum Gasteiger partial charge on any atom is -0.390 e. The van der Waals surface area contributed by atoms with Crippen molar-refractivity contribution < 1.29 is 10.2 Å². The maximum atomic E-state index is 10.1. The number of rotatable bonds is 4. The fourth-order valence-corrected chi connectivity index (χ4v) is 2.30. The third-order valence-corrected chi connectivity index (χ3v) is 3.55. The Bertz CT molecular complexity index is 543. The van der Waals surface area contributed by atoms with Crippen LogP contribution in [0.25, 0.3) is 0 Å². The van der Waals surface area contributed by atoms with E-state index >= 15 is 0 Å². The zero-order chi connectivity index (χ0) is 13.8. The molecule has 2 aromatic rings. The quantitative estimate of drug-likeness (QED) is 0.904. The van der Waals surface area contributed by atoms with Crippen LogP contribution in [0.1, 0.15) is 17.2 Å². The largest absolute Gasteiger partial charge is 0.390 e. The summed E-state index contributed by atoms with van der Waals surface area (Å²) in [7, 11) is 0. The first-order valence-corrected chi connectivity index (χ1v) is 6.68. The summed E-state index contributed by atoms with van der Waals surface area (Å²) < 4.78 is 0. The summed E-state index contributed by atoms with van der Waals surface area (Å²) in [6.07, 6.45) is -1.63. The van der Waals surface area contributed by atoms with Gasteiger partial charge in [-0.1, -0.05) is 53.5 Å². The molecular formula is C15H14Cl2O2. The van der Waals surface area contributed by atoms with Gasteiger partial charge in [-0.15, -0.1) is 0 Å². The summed E-state index contributed by atoms with van der Waals surface area (Å²) in [5.74, 6) is 0. The maximum absolute atomic E-state index is 10.1. The molecule has 0 radical (unpaired) electrons. The van der Waals surface area contributed by atoms with Gasteiger partial charge in [-0.3, -0.25) is 0 Å². The van der Waals surface area contributed by atoms with Crippen LogP contribution in [0.5, 0.6) is 0 Å². The molecule has 0 saturated heterocycles. The molecule has 2 aromatic carbocycles. The van der Waals surface area contributed by atoms with Gasteiger partial charge in [-0.05, 0) is 29.3 Å². The van der Waals surface area contributed by atoms with E-state index < -0.39 is 12.2 Å². The Hall–Kier alpha value is -1.06. The number of aliphatic hydroxyl groups excluding tert-OH is 2. The standard InChI is InChI=1S/C15H14Cl2O2/c16-12-6-7-13(17)11(8-12)9-14(18)15(19)10-4-2-1-3-5-10/h1-8,14-15,18-19H,9H2.